The van der Waals surface area contributed by atoms with Gasteiger partial charge in [0.2, 0.25) is 0 Å². The van der Waals surface area contributed by atoms with Crippen molar-refractivity contribution in [1.29, 1.82) is 0 Å². The zero-order valence-corrected chi connectivity index (χ0v) is 13.9. The van der Waals surface area contributed by atoms with Crippen LogP contribution in [0.4, 0.5) is 0 Å². The molecule has 0 bridgehead atoms. The minimum atomic E-state index is 0.244. The topological polar surface area (TPSA) is 12.0 Å². The minimum absolute atomic E-state index is 0.244. The van der Waals surface area contributed by atoms with Gasteiger partial charge in [-0.2, -0.15) is 0 Å². The normalized spacial score (nSPS) is 21.6. The van der Waals surface area contributed by atoms with E-state index < -0.39 is 0 Å². The van der Waals surface area contributed by atoms with E-state index in [1.165, 1.54) is 31.2 Å². The highest BCUT2D eigenvalue weighted by atomic mass is 15.0. The fourth-order valence-corrected chi connectivity index (χ4v) is 3.29. The second kappa shape index (κ2) is 5.89. The quantitative estimate of drug-likeness (QED) is 0.784. The maximum absolute atomic E-state index is 3.95. The molecule has 2 rings (SSSR count). The van der Waals surface area contributed by atoms with Crippen LogP contribution in [0.2, 0.25) is 0 Å². The molecule has 0 amide bonds. The molecular formula is C19H31N. The van der Waals surface area contributed by atoms with Crippen molar-refractivity contribution in [1.82, 2.24) is 5.32 Å². The summed E-state index contributed by atoms with van der Waals surface area (Å²) in [5.41, 5.74) is 2.21. The smallest absolute Gasteiger partial charge is 0.0371 e. The van der Waals surface area contributed by atoms with E-state index in [1.54, 1.807) is 0 Å². The Morgan fingerprint density at radius 1 is 1.05 bits per heavy atom. The summed E-state index contributed by atoms with van der Waals surface area (Å²) in [4.78, 5) is 0. The van der Waals surface area contributed by atoms with Gasteiger partial charge in [0.05, 0.1) is 0 Å². The van der Waals surface area contributed by atoms with Gasteiger partial charge in [-0.05, 0) is 42.1 Å². The fourth-order valence-electron chi connectivity index (χ4n) is 3.29. The van der Waals surface area contributed by atoms with Crippen molar-refractivity contribution in [3.63, 3.8) is 0 Å². The molecule has 0 saturated heterocycles. The summed E-state index contributed by atoms with van der Waals surface area (Å²) >= 11 is 0. The molecule has 0 aliphatic heterocycles. The van der Waals surface area contributed by atoms with Crippen molar-refractivity contribution in [2.45, 2.75) is 72.4 Å². The zero-order valence-electron chi connectivity index (χ0n) is 13.9. The third-order valence-electron chi connectivity index (χ3n) is 4.74. The first-order valence-corrected chi connectivity index (χ1v) is 8.09. The van der Waals surface area contributed by atoms with Crippen LogP contribution in [0.25, 0.3) is 0 Å². The highest BCUT2D eigenvalue weighted by molar-refractivity contribution is 5.21. The summed E-state index contributed by atoms with van der Waals surface area (Å²) in [5, 5.41) is 3.95. The van der Waals surface area contributed by atoms with E-state index in [0.29, 0.717) is 17.5 Å². The number of hydrogen-bond acceptors (Lipinski definition) is 1. The first-order chi connectivity index (χ1) is 9.28. The molecular weight excluding hydrogens is 242 g/mol. The zero-order chi connectivity index (χ0) is 14.8. The first kappa shape index (κ1) is 15.6. The Hall–Kier alpha value is -0.820. The Balaban J connectivity index is 2.07. The third-order valence-corrected chi connectivity index (χ3v) is 4.74. The molecule has 0 aromatic heterocycles. The van der Waals surface area contributed by atoms with Gasteiger partial charge >= 0.3 is 0 Å². The van der Waals surface area contributed by atoms with Crippen LogP contribution in [0.3, 0.4) is 0 Å². The van der Waals surface area contributed by atoms with Crippen molar-refractivity contribution >= 4 is 0 Å². The molecule has 1 N–H and O–H groups in total. The molecule has 1 saturated carbocycles. The molecule has 1 unspecified atom stereocenters. The summed E-state index contributed by atoms with van der Waals surface area (Å²) in [7, 11) is 0. The van der Waals surface area contributed by atoms with Crippen LogP contribution in [0.1, 0.15) is 71.9 Å². The van der Waals surface area contributed by atoms with Crippen molar-refractivity contribution in [2.24, 2.45) is 10.8 Å². The summed E-state index contributed by atoms with van der Waals surface area (Å²) < 4.78 is 0. The predicted octanol–water partition coefficient (Wildman–Crippen LogP) is 5.33. The summed E-state index contributed by atoms with van der Waals surface area (Å²) in [6.07, 6.45) is 5.31. The summed E-state index contributed by atoms with van der Waals surface area (Å²) in [5.74, 6) is 0. The lowest BCUT2D eigenvalue weighted by Gasteiger charge is -2.40. The van der Waals surface area contributed by atoms with Gasteiger partial charge in [-0.3, -0.25) is 0 Å². The standard InChI is InChI=1S/C19H31N/c1-18(2,3)17(15-9-7-6-8-10-15)20-16-11-13-19(4,5)14-12-16/h6-10,16-17,20H,11-14H2,1-5H3. The molecule has 0 spiro atoms. The molecule has 1 fully saturated rings. The SMILES string of the molecule is CC1(C)CCC(NC(c2ccccc2)C(C)(C)C)CC1. The van der Waals surface area contributed by atoms with Crippen molar-refractivity contribution in [2.75, 3.05) is 0 Å². The molecule has 1 aromatic carbocycles. The molecule has 1 atom stereocenters. The van der Waals surface area contributed by atoms with Crippen LogP contribution in [-0.4, -0.2) is 6.04 Å². The van der Waals surface area contributed by atoms with Gasteiger partial charge in [-0.25, -0.2) is 0 Å². The minimum Gasteiger partial charge on any atom is -0.307 e. The van der Waals surface area contributed by atoms with E-state index in [4.69, 9.17) is 0 Å². The summed E-state index contributed by atoms with van der Waals surface area (Å²) in [6.45, 7) is 11.8. The van der Waals surface area contributed by atoms with Gasteiger partial charge in [0.15, 0.2) is 0 Å². The van der Waals surface area contributed by atoms with E-state index in [-0.39, 0.29) is 5.41 Å². The lowest BCUT2D eigenvalue weighted by molar-refractivity contribution is 0.170. The van der Waals surface area contributed by atoms with Gasteiger partial charge < -0.3 is 5.32 Å². The van der Waals surface area contributed by atoms with Gasteiger partial charge in [-0.15, -0.1) is 0 Å². The Labute approximate surface area is 125 Å². The predicted molar refractivity (Wildman–Crippen MR) is 87.8 cm³/mol. The molecule has 20 heavy (non-hydrogen) atoms. The number of nitrogens with one attached hydrogen (secondary N) is 1. The van der Waals surface area contributed by atoms with Crippen molar-refractivity contribution in [3.8, 4) is 0 Å². The molecule has 1 aliphatic carbocycles. The molecule has 112 valence electrons. The fraction of sp³-hybridized carbons (Fsp3) is 0.684. The number of hydrogen-bond donors (Lipinski definition) is 1. The van der Waals surface area contributed by atoms with Gasteiger partial charge in [0, 0.05) is 12.1 Å². The van der Waals surface area contributed by atoms with Gasteiger partial charge in [0.25, 0.3) is 0 Å². The molecule has 0 radical (unpaired) electrons. The Bertz CT molecular complexity index is 403. The van der Waals surface area contributed by atoms with E-state index in [9.17, 15) is 0 Å². The van der Waals surface area contributed by atoms with Gasteiger partial charge in [0.1, 0.15) is 0 Å². The van der Waals surface area contributed by atoms with E-state index in [1.807, 2.05) is 0 Å². The van der Waals surface area contributed by atoms with Crippen LogP contribution < -0.4 is 5.32 Å². The highest BCUT2D eigenvalue weighted by Crippen LogP contribution is 2.38. The third kappa shape index (κ3) is 4.09. The Morgan fingerprint density at radius 2 is 1.60 bits per heavy atom. The Morgan fingerprint density at radius 3 is 2.10 bits per heavy atom. The van der Waals surface area contributed by atoms with Crippen LogP contribution in [0, 0.1) is 10.8 Å². The largest absolute Gasteiger partial charge is 0.307 e. The summed E-state index contributed by atoms with van der Waals surface area (Å²) in [6, 6.07) is 12.0. The number of benzene rings is 1. The maximum Gasteiger partial charge on any atom is 0.0371 e. The highest BCUT2D eigenvalue weighted by Gasteiger charge is 2.32. The van der Waals surface area contributed by atoms with Crippen LogP contribution in [0.15, 0.2) is 30.3 Å². The molecule has 1 aliphatic rings. The average Bonchev–Trinajstić information content (AvgIpc) is 2.37. The van der Waals surface area contributed by atoms with Crippen LogP contribution in [-0.2, 0) is 0 Å². The molecule has 1 nitrogen and oxygen atoms in total. The van der Waals surface area contributed by atoms with Crippen molar-refractivity contribution < 1.29 is 0 Å². The maximum atomic E-state index is 3.95. The average molecular weight is 273 g/mol. The molecule has 0 heterocycles. The van der Waals surface area contributed by atoms with Crippen LogP contribution >= 0.6 is 0 Å². The van der Waals surface area contributed by atoms with E-state index in [2.05, 4.69) is 70.3 Å². The monoisotopic (exact) mass is 273 g/mol. The molecule has 1 heteroatoms. The number of rotatable bonds is 3. The lowest BCUT2D eigenvalue weighted by atomic mass is 9.74. The van der Waals surface area contributed by atoms with Crippen LogP contribution in [0.5, 0.6) is 0 Å². The first-order valence-electron chi connectivity index (χ1n) is 8.09. The Kier molecular flexibility index (Phi) is 4.59. The van der Waals surface area contributed by atoms with E-state index in [0.717, 1.165) is 0 Å². The van der Waals surface area contributed by atoms with Gasteiger partial charge in [-0.1, -0.05) is 65.0 Å². The van der Waals surface area contributed by atoms with Crippen molar-refractivity contribution in [3.05, 3.63) is 35.9 Å². The second-order valence-corrected chi connectivity index (χ2v) is 8.31. The van der Waals surface area contributed by atoms with E-state index >= 15 is 0 Å². The molecule has 1 aromatic rings. The lowest BCUT2D eigenvalue weighted by Crippen LogP contribution is -2.42. The second-order valence-electron chi connectivity index (χ2n) is 8.31.